The van der Waals surface area contributed by atoms with Gasteiger partial charge in [-0.25, -0.2) is 0 Å². The molecule has 0 bridgehead atoms. The number of carbonyl (C=O) groups is 2. The van der Waals surface area contributed by atoms with Gasteiger partial charge in [-0.1, -0.05) is 12.1 Å². The number of amides is 2. The predicted octanol–water partition coefficient (Wildman–Crippen LogP) is 3.00. The minimum absolute atomic E-state index is 0.0773. The van der Waals surface area contributed by atoms with Gasteiger partial charge >= 0.3 is 0 Å². The van der Waals surface area contributed by atoms with Crippen LogP contribution in [0.15, 0.2) is 36.4 Å². The molecule has 1 atom stereocenters. The number of fused-ring (bicyclic) bond motifs is 1. The third-order valence-electron chi connectivity index (χ3n) is 4.44. The van der Waals surface area contributed by atoms with Crippen molar-refractivity contribution in [3.05, 3.63) is 58.7 Å². The largest absolute Gasteiger partial charge is 0.479 e. The number of ether oxygens (including phenoxy) is 1. The van der Waals surface area contributed by atoms with Crippen molar-refractivity contribution in [2.24, 2.45) is 0 Å². The van der Waals surface area contributed by atoms with Gasteiger partial charge in [0, 0.05) is 12.1 Å². The lowest BCUT2D eigenvalue weighted by atomic mass is 10.1. The highest BCUT2D eigenvalue weighted by Crippen LogP contribution is 2.30. The monoisotopic (exact) mass is 338 g/mol. The zero-order chi connectivity index (χ0) is 18.0. The Morgan fingerprint density at radius 2 is 1.96 bits per heavy atom. The van der Waals surface area contributed by atoms with Gasteiger partial charge in [-0.15, -0.1) is 0 Å². The predicted molar refractivity (Wildman–Crippen MR) is 97.1 cm³/mol. The van der Waals surface area contributed by atoms with Gasteiger partial charge in [-0.2, -0.15) is 0 Å². The summed E-state index contributed by atoms with van der Waals surface area (Å²) in [5, 5.41) is 5.77. The van der Waals surface area contributed by atoms with Crippen LogP contribution in [0.1, 0.15) is 34.0 Å². The number of carbonyl (C=O) groups excluding carboxylic acids is 2. The van der Waals surface area contributed by atoms with E-state index in [0.717, 1.165) is 11.1 Å². The van der Waals surface area contributed by atoms with Crippen molar-refractivity contribution in [2.45, 2.75) is 33.3 Å². The van der Waals surface area contributed by atoms with Crippen LogP contribution >= 0.6 is 0 Å². The maximum atomic E-state index is 12.2. The van der Waals surface area contributed by atoms with Gasteiger partial charge in [0.1, 0.15) is 5.75 Å². The van der Waals surface area contributed by atoms with E-state index in [1.807, 2.05) is 50.2 Å². The van der Waals surface area contributed by atoms with E-state index in [0.29, 0.717) is 30.0 Å². The van der Waals surface area contributed by atoms with Gasteiger partial charge in [0.25, 0.3) is 11.8 Å². The molecule has 0 spiro atoms. The summed E-state index contributed by atoms with van der Waals surface area (Å²) in [6.45, 7) is 6.26. The van der Waals surface area contributed by atoms with Crippen molar-refractivity contribution >= 4 is 17.5 Å². The van der Waals surface area contributed by atoms with Crippen LogP contribution in [0.4, 0.5) is 5.69 Å². The first-order valence-electron chi connectivity index (χ1n) is 8.40. The number of hydrogen-bond donors (Lipinski definition) is 2. The molecule has 0 saturated heterocycles. The summed E-state index contributed by atoms with van der Waals surface area (Å²) in [4.78, 5) is 23.9. The Labute approximate surface area is 147 Å². The highest BCUT2D eigenvalue weighted by molar-refractivity contribution is 5.97. The Bertz CT molecular complexity index is 830. The van der Waals surface area contributed by atoms with Crippen LogP contribution in [0, 0.1) is 13.8 Å². The average molecular weight is 338 g/mol. The zero-order valence-electron chi connectivity index (χ0n) is 14.7. The molecule has 0 aromatic heterocycles. The second-order valence-electron chi connectivity index (χ2n) is 6.38. The van der Waals surface area contributed by atoms with Crippen LogP contribution in [0.3, 0.4) is 0 Å². The number of nitrogens with one attached hydrogen (secondary N) is 2. The van der Waals surface area contributed by atoms with Gasteiger partial charge in [-0.05, 0) is 68.1 Å². The molecule has 5 nitrogen and oxygen atoms in total. The maximum Gasteiger partial charge on any atom is 0.265 e. The van der Waals surface area contributed by atoms with E-state index < -0.39 is 6.10 Å². The van der Waals surface area contributed by atoms with Crippen molar-refractivity contribution in [2.75, 3.05) is 11.9 Å². The van der Waals surface area contributed by atoms with Crippen LogP contribution in [-0.4, -0.2) is 24.5 Å². The molecule has 0 saturated carbocycles. The first-order valence-corrected chi connectivity index (χ1v) is 8.40. The smallest absolute Gasteiger partial charge is 0.265 e. The topological polar surface area (TPSA) is 67.4 Å². The molecule has 0 aliphatic carbocycles. The van der Waals surface area contributed by atoms with Crippen molar-refractivity contribution < 1.29 is 14.3 Å². The summed E-state index contributed by atoms with van der Waals surface area (Å²) in [7, 11) is 0. The molecule has 1 heterocycles. The number of benzene rings is 2. The summed E-state index contributed by atoms with van der Waals surface area (Å²) in [6, 6.07) is 11.4. The molecule has 25 heavy (non-hydrogen) atoms. The number of hydrogen-bond acceptors (Lipinski definition) is 3. The quantitative estimate of drug-likeness (QED) is 0.900. The van der Waals surface area contributed by atoms with Crippen LogP contribution in [-0.2, 0) is 11.2 Å². The Morgan fingerprint density at radius 3 is 2.72 bits per heavy atom. The van der Waals surface area contributed by atoms with Gasteiger partial charge in [0.2, 0.25) is 0 Å². The number of anilines is 1. The zero-order valence-corrected chi connectivity index (χ0v) is 14.7. The molecule has 5 heteroatoms. The lowest BCUT2D eigenvalue weighted by Gasteiger charge is -2.23. The van der Waals surface area contributed by atoms with E-state index in [4.69, 9.17) is 4.74 Å². The molecule has 2 aromatic carbocycles. The molecule has 0 radical (unpaired) electrons. The Balaban J connectivity index is 1.59. The van der Waals surface area contributed by atoms with Crippen LogP contribution in [0.2, 0.25) is 0 Å². The second-order valence-corrected chi connectivity index (χ2v) is 6.38. The number of rotatable bonds is 4. The highest BCUT2D eigenvalue weighted by Gasteiger charge is 2.23. The summed E-state index contributed by atoms with van der Waals surface area (Å²) in [5.41, 5.74) is 4.65. The summed E-state index contributed by atoms with van der Waals surface area (Å²) >= 11 is 0. The third kappa shape index (κ3) is 3.82. The number of aryl methyl sites for hydroxylation is 2. The SMILES string of the molecule is Cc1ccc(C(=O)NCCc2ccc3c(c2)NC(=O)C(C)O3)cc1C. The summed E-state index contributed by atoms with van der Waals surface area (Å²) < 4.78 is 5.54. The molecular weight excluding hydrogens is 316 g/mol. The van der Waals surface area contributed by atoms with Gasteiger partial charge in [0.15, 0.2) is 6.10 Å². The summed E-state index contributed by atoms with van der Waals surface area (Å²) in [5.74, 6) is 0.453. The molecular formula is C20H22N2O3. The normalized spacial score (nSPS) is 15.8. The van der Waals surface area contributed by atoms with Gasteiger partial charge in [-0.3, -0.25) is 9.59 Å². The average Bonchev–Trinajstić information content (AvgIpc) is 2.58. The molecule has 2 amide bonds. The van der Waals surface area contributed by atoms with Crippen molar-refractivity contribution in [1.29, 1.82) is 0 Å². The molecule has 1 aliphatic heterocycles. The lowest BCUT2D eigenvalue weighted by molar-refractivity contribution is -0.122. The molecule has 1 unspecified atom stereocenters. The third-order valence-corrected chi connectivity index (χ3v) is 4.44. The first-order chi connectivity index (χ1) is 11.9. The Hall–Kier alpha value is -2.82. The van der Waals surface area contributed by atoms with E-state index in [1.165, 1.54) is 5.56 Å². The van der Waals surface area contributed by atoms with E-state index in [-0.39, 0.29) is 11.8 Å². The molecule has 130 valence electrons. The lowest BCUT2D eigenvalue weighted by Crippen LogP contribution is -2.34. The van der Waals surface area contributed by atoms with Crippen LogP contribution < -0.4 is 15.4 Å². The fourth-order valence-electron chi connectivity index (χ4n) is 2.72. The van der Waals surface area contributed by atoms with E-state index in [2.05, 4.69) is 10.6 Å². The first kappa shape index (κ1) is 17.0. The molecule has 1 aliphatic rings. The van der Waals surface area contributed by atoms with Crippen molar-refractivity contribution in [1.82, 2.24) is 5.32 Å². The Morgan fingerprint density at radius 1 is 1.16 bits per heavy atom. The molecule has 0 fully saturated rings. The molecule has 3 rings (SSSR count). The standard InChI is InChI=1S/C20H22N2O3/c1-12-4-6-16(10-13(12)2)20(24)21-9-8-15-5-7-18-17(11-15)22-19(23)14(3)25-18/h4-7,10-11,14H,8-9H2,1-3H3,(H,21,24)(H,22,23). The fraction of sp³-hybridized carbons (Fsp3) is 0.300. The molecule has 2 N–H and O–H groups in total. The minimum atomic E-state index is -0.476. The van der Waals surface area contributed by atoms with Crippen LogP contribution in [0.5, 0.6) is 5.75 Å². The van der Waals surface area contributed by atoms with E-state index in [1.54, 1.807) is 6.92 Å². The van der Waals surface area contributed by atoms with Gasteiger partial charge < -0.3 is 15.4 Å². The van der Waals surface area contributed by atoms with Crippen molar-refractivity contribution in [3.63, 3.8) is 0 Å². The van der Waals surface area contributed by atoms with Crippen molar-refractivity contribution in [3.8, 4) is 5.75 Å². The summed E-state index contributed by atoms with van der Waals surface area (Å²) in [6.07, 6.45) is 0.200. The Kier molecular flexibility index (Phi) is 4.74. The van der Waals surface area contributed by atoms with E-state index in [9.17, 15) is 9.59 Å². The molecule has 2 aromatic rings. The fourth-order valence-corrected chi connectivity index (χ4v) is 2.72. The van der Waals surface area contributed by atoms with Crippen LogP contribution in [0.25, 0.3) is 0 Å². The second kappa shape index (κ2) is 6.97. The highest BCUT2D eigenvalue weighted by atomic mass is 16.5. The minimum Gasteiger partial charge on any atom is -0.479 e. The van der Waals surface area contributed by atoms with E-state index >= 15 is 0 Å². The maximum absolute atomic E-state index is 12.2. The van der Waals surface area contributed by atoms with Gasteiger partial charge in [0.05, 0.1) is 5.69 Å².